The van der Waals surface area contributed by atoms with Gasteiger partial charge in [0.25, 0.3) is 5.91 Å². The van der Waals surface area contributed by atoms with Crippen molar-refractivity contribution in [3.8, 4) is 5.69 Å². The predicted octanol–water partition coefficient (Wildman–Crippen LogP) is 4.71. The van der Waals surface area contributed by atoms with Gasteiger partial charge in [-0.2, -0.15) is 5.10 Å². The molecular weight excluding hydrogens is 386 g/mol. The second kappa shape index (κ2) is 9.36. The summed E-state index contributed by atoms with van der Waals surface area (Å²) in [6, 6.07) is 25.8. The van der Waals surface area contributed by atoms with E-state index >= 15 is 0 Å². The number of para-hydroxylation sites is 1. The Morgan fingerprint density at radius 2 is 1.71 bits per heavy atom. The SMILES string of the molecule is CC(c1ccc(-n2cncn2)cc1)N(C)Cc1ccc(C(=O)Nc2ccccc2)cc1. The Hall–Kier alpha value is -3.77. The molecule has 1 N–H and O–H groups in total. The zero-order valence-corrected chi connectivity index (χ0v) is 17.6. The van der Waals surface area contributed by atoms with Crippen LogP contribution in [0.3, 0.4) is 0 Å². The normalized spacial score (nSPS) is 12.0. The van der Waals surface area contributed by atoms with Crippen molar-refractivity contribution in [1.82, 2.24) is 19.7 Å². The third kappa shape index (κ3) is 5.05. The number of carbonyl (C=O) groups excluding carboxylic acids is 1. The zero-order chi connectivity index (χ0) is 21.6. The van der Waals surface area contributed by atoms with Gasteiger partial charge in [0.1, 0.15) is 12.7 Å². The maximum Gasteiger partial charge on any atom is 0.255 e. The van der Waals surface area contributed by atoms with E-state index in [-0.39, 0.29) is 11.9 Å². The Kier molecular flexibility index (Phi) is 6.19. The van der Waals surface area contributed by atoms with Crippen molar-refractivity contribution in [2.24, 2.45) is 0 Å². The molecule has 1 aromatic heterocycles. The summed E-state index contributed by atoms with van der Waals surface area (Å²) in [5.41, 5.74) is 4.81. The number of nitrogens with zero attached hydrogens (tertiary/aromatic N) is 4. The van der Waals surface area contributed by atoms with E-state index in [0.29, 0.717) is 5.56 Å². The van der Waals surface area contributed by atoms with Crippen LogP contribution in [0.1, 0.15) is 34.5 Å². The molecule has 4 aromatic rings. The molecule has 3 aromatic carbocycles. The van der Waals surface area contributed by atoms with Gasteiger partial charge in [-0.3, -0.25) is 9.69 Å². The Labute approximate surface area is 182 Å². The molecule has 0 spiro atoms. The van der Waals surface area contributed by atoms with Crippen molar-refractivity contribution in [1.29, 1.82) is 0 Å². The van der Waals surface area contributed by atoms with E-state index in [4.69, 9.17) is 0 Å². The molecule has 0 saturated carbocycles. The average molecular weight is 412 g/mol. The van der Waals surface area contributed by atoms with E-state index in [9.17, 15) is 4.79 Å². The average Bonchev–Trinajstić information content (AvgIpc) is 3.35. The lowest BCUT2D eigenvalue weighted by Gasteiger charge is -2.25. The summed E-state index contributed by atoms with van der Waals surface area (Å²) in [4.78, 5) is 18.7. The minimum atomic E-state index is -0.105. The monoisotopic (exact) mass is 411 g/mol. The van der Waals surface area contributed by atoms with Crippen LogP contribution in [0.5, 0.6) is 0 Å². The number of anilines is 1. The molecule has 0 fully saturated rings. The van der Waals surface area contributed by atoms with E-state index in [1.807, 2.05) is 54.6 Å². The maximum atomic E-state index is 12.4. The molecule has 0 aliphatic heterocycles. The van der Waals surface area contributed by atoms with Gasteiger partial charge in [0.05, 0.1) is 5.69 Å². The number of rotatable bonds is 7. The molecule has 156 valence electrons. The standard InChI is InChI=1S/C25H25N5O/c1-19(21-12-14-24(15-13-21)30-18-26-17-27-30)29(2)16-20-8-10-22(11-9-20)25(31)28-23-6-4-3-5-7-23/h3-15,17-19H,16H2,1-2H3,(H,28,31). The van der Waals surface area contributed by atoms with Gasteiger partial charge in [-0.05, 0) is 61.5 Å². The van der Waals surface area contributed by atoms with Crippen LogP contribution in [0.2, 0.25) is 0 Å². The minimum absolute atomic E-state index is 0.105. The van der Waals surface area contributed by atoms with Gasteiger partial charge in [-0.15, -0.1) is 0 Å². The highest BCUT2D eigenvalue weighted by atomic mass is 16.1. The number of amides is 1. The third-order valence-electron chi connectivity index (χ3n) is 5.40. The van der Waals surface area contributed by atoms with Crippen LogP contribution >= 0.6 is 0 Å². The molecule has 1 atom stereocenters. The van der Waals surface area contributed by atoms with Gasteiger partial charge in [0.2, 0.25) is 0 Å². The molecule has 0 aliphatic rings. The van der Waals surface area contributed by atoms with Crippen LogP contribution in [0.15, 0.2) is 91.5 Å². The number of nitrogens with one attached hydrogen (secondary N) is 1. The Morgan fingerprint density at radius 1 is 1.00 bits per heavy atom. The van der Waals surface area contributed by atoms with Crippen LogP contribution in [0.25, 0.3) is 5.69 Å². The Balaban J connectivity index is 1.36. The number of benzene rings is 3. The fraction of sp³-hybridized carbons (Fsp3) is 0.160. The summed E-state index contributed by atoms with van der Waals surface area (Å²) in [6.07, 6.45) is 3.22. The van der Waals surface area contributed by atoms with Crippen molar-refractivity contribution in [2.75, 3.05) is 12.4 Å². The molecule has 6 heteroatoms. The molecule has 6 nitrogen and oxygen atoms in total. The van der Waals surface area contributed by atoms with Crippen molar-refractivity contribution in [3.63, 3.8) is 0 Å². The molecule has 0 bridgehead atoms. The highest BCUT2D eigenvalue weighted by Crippen LogP contribution is 2.22. The van der Waals surface area contributed by atoms with Crippen molar-refractivity contribution in [2.45, 2.75) is 19.5 Å². The number of hydrogen-bond donors (Lipinski definition) is 1. The van der Waals surface area contributed by atoms with E-state index in [0.717, 1.165) is 23.5 Å². The summed E-state index contributed by atoms with van der Waals surface area (Å²) >= 11 is 0. The summed E-state index contributed by atoms with van der Waals surface area (Å²) < 4.78 is 1.74. The van der Waals surface area contributed by atoms with Crippen molar-refractivity contribution < 1.29 is 4.79 Å². The highest BCUT2D eigenvalue weighted by Gasteiger charge is 2.13. The van der Waals surface area contributed by atoms with E-state index < -0.39 is 0 Å². The van der Waals surface area contributed by atoms with Crippen molar-refractivity contribution in [3.05, 3.63) is 108 Å². The summed E-state index contributed by atoms with van der Waals surface area (Å²) in [5, 5.41) is 7.07. The summed E-state index contributed by atoms with van der Waals surface area (Å²) in [7, 11) is 2.10. The first-order chi connectivity index (χ1) is 15.1. The van der Waals surface area contributed by atoms with Crippen LogP contribution in [0.4, 0.5) is 5.69 Å². The van der Waals surface area contributed by atoms with E-state index in [1.165, 1.54) is 11.9 Å². The van der Waals surface area contributed by atoms with Crippen LogP contribution in [-0.2, 0) is 6.54 Å². The van der Waals surface area contributed by atoms with E-state index in [1.54, 1.807) is 11.0 Å². The number of hydrogen-bond acceptors (Lipinski definition) is 4. The first-order valence-corrected chi connectivity index (χ1v) is 10.2. The smallest absolute Gasteiger partial charge is 0.255 e. The van der Waals surface area contributed by atoms with Crippen LogP contribution in [-0.4, -0.2) is 32.6 Å². The molecule has 0 saturated heterocycles. The van der Waals surface area contributed by atoms with Crippen LogP contribution in [0, 0.1) is 0 Å². The highest BCUT2D eigenvalue weighted by molar-refractivity contribution is 6.04. The van der Waals surface area contributed by atoms with Crippen LogP contribution < -0.4 is 5.32 Å². The zero-order valence-electron chi connectivity index (χ0n) is 17.6. The first-order valence-electron chi connectivity index (χ1n) is 10.2. The van der Waals surface area contributed by atoms with Crippen molar-refractivity contribution >= 4 is 11.6 Å². The third-order valence-corrected chi connectivity index (χ3v) is 5.40. The second-order valence-electron chi connectivity index (χ2n) is 7.54. The minimum Gasteiger partial charge on any atom is -0.322 e. The summed E-state index contributed by atoms with van der Waals surface area (Å²) in [6.45, 7) is 2.97. The fourth-order valence-corrected chi connectivity index (χ4v) is 3.41. The summed E-state index contributed by atoms with van der Waals surface area (Å²) in [5.74, 6) is -0.105. The lowest BCUT2D eigenvalue weighted by Crippen LogP contribution is -2.22. The largest absolute Gasteiger partial charge is 0.322 e. The predicted molar refractivity (Wildman–Crippen MR) is 122 cm³/mol. The first kappa shape index (κ1) is 20.5. The van der Waals surface area contributed by atoms with Gasteiger partial charge in [0, 0.05) is 23.8 Å². The molecule has 0 radical (unpaired) electrons. The molecule has 0 aliphatic carbocycles. The van der Waals surface area contributed by atoms with Gasteiger partial charge in [-0.25, -0.2) is 9.67 Å². The quantitative estimate of drug-likeness (QED) is 0.478. The molecule has 1 amide bonds. The molecule has 1 unspecified atom stereocenters. The second-order valence-corrected chi connectivity index (χ2v) is 7.54. The Bertz CT molecular complexity index is 1110. The lowest BCUT2D eigenvalue weighted by molar-refractivity contribution is 0.102. The molecule has 1 heterocycles. The number of carbonyl (C=O) groups is 1. The Morgan fingerprint density at radius 3 is 2.35 bits per heavy atom. The maximum absolute atomic E-state index is 12.4. The van der Waals surface area contributed by atoms with Gasteiger partial charge < -0.3 is 5.32 Å². The number of aromatic nitrogens is 3. The van der Waals surface area contributed by atoms with E-state index in [2.05, 4.69) is 58.5 Å². The topological polar surface area (TPSA) is 63.1 Å². The molecular formula is C25H25N5O. The van der Waals surface area contributed by atoms with Gasteiger partial charge in [-0.1, -0.05) is 42.5 Å². The van der Waals surface area contributed by atoms with Gasteiger partial charge in [0.15, 0.2) is 0 Å². The lowest BCUT2D eigenvalue weighted by atomic mass is 10.1. The molecule has 31 heavy (non-hydrogen) atoms. The molecule has 4 rings (SSSR count). The fourth-order valence-electron chi connectivity index (χ4n) is 3.41. The van der Waals surface area contributed by atoms with Gasteiger partial charge >= 0.3 is 0 Å².